The van der Waals surface area contributed by atoms with Crippen LogP contribution in [0.25, 0.3) is 6.08 Å². The van der Waals surface area contributed by atoms with E-state index < -0.39 is 46.9 Å². The first kappa shape index (κ1) is 31.7. The van der Waals surface area contributed by atoms with Crippen LogP contribution < -0.4 is 20.3 Å². The molecule has 4 rings (SSSR count). The number of rotatable bonds is 12. The monoisotopic (exact) mass is 621 g/mol. The van der Waals surface area contributed by atoms with E-state index in [0.717, 1.165) is 10.6 Å². The minimum atomic E-state index is -0.684. The fourth-order valence-electron chi connectivity index (χ4n) is 4.25. The number of halogens is 1. The average molecular weight is 622 g/mol. The molecule has 1 fully saturated rings. The highest BCUT2D eigenvalue weighted by atomic mass is 32.2. The van der Waals surface area contributed by atoms with Gasteiger partial charge in [0.2, 0.25) is 5.91 Å². The summed E-state index contributed by atoms with van der Waals surface area (Å²) in [5, 5.41) is 15.5. The van der Waals surface area contributed by atoms with Gasteiger partial charge < -0.3 is 20.3 Å². The Kier molecular flexibility index (Phi) is 10.3. The van der Waals surface area contributed by atoms with Crippen LogP contribution in [0.3, 0.4) is 0 Å². The van der Waals surface area contributed by atoms with Gasteiger partial charge in [-0.2, -0.15) is 0 Å². The summed E-state index contributed by atoms with van der Waals surface area (Å²) >= 11 is 0.654. The van der Waals surface area contributed by atoms with Crippen molar-refractivity contribution in [1.29, 1.82) is 0 Å². The van der Waals surface area contributed by atoms with Crippen LogP contribution in [-0.2, 0) is 14.4 Å². The summed E-state index contributed by atoms with van der Waals surface area (Å²) in [6, 6.07) is 15.7. The van der Waals surface area contributed by atoms with Crippen molar-refractivity contribution >= 4 is 63.5 Å². The molecular formula is C30H28FN5O7S. The van der Waals surface area contributed by atoms with Crippen molar-refractivity contribution in [3.05, 3.63) is 93.1 Å². The molecule has 1 heterocycles. The lowest BCUT2D eigenvalue weighted by atomic mass is 10.1. The quantitative estimate of drug-likeness (QED) is 0.157. The lowest BCUT2D eigenvalue weighted by Crippen LogP contribution is -2.36. The van der Waals surface area contributed by atoms with Crippen molar-refractivity contribution < 1.29 is 33.2 Å². The summed E-state index contributed by atoms with van der Waals surface area (Å²) in [5.41, 5.74) is 1.56. The van der Waals surface area contributed by atoms with E-state index in [4.69, 9.17) is 4.74 Å². The second-order valence-electron chi connectivity index (χ2n) is 9.36. The molecule has 12 nitrogen and oxygen atoms in total. The lowest BCUT2D eigenvalue weighted by Gasteiger charge is -2.22. The van der Waals surface area contributed by atoms with E-state index in [-0.39, 0.29) is 22.0 Å². The van der Waals surface area contributed by atoms with Gasteiger partial charge in [-0.25, -0.2) is 4.39 Å². The van der Waals surface area contributed by atoms with Crippen LogP contribution in [0.5, 0.6) is 5.75 Å². The van der Waals surface area contributed by atoms with Gasteiger partial charge in [0.05, 0.1) is 9.83 Å². The van der Waals surface area contributed by atoms with E-state index in [9.17, 15) is 33.7 Å². The van der Waals surface area contributed by atoms with E-state index in [2.05, 4.69) is 10.6 Å². The number of imide groups is 1. The molecule has 0 radical (unpaired) electrons. The molecule has 3 aromatic rings. The molecule has 3 aromatic carbocycles. The number of hydrogen-bond donors (Lipinski definition) is 2. The molecule has 44 heavy (non-hydrogen) atoms. The lowest BCUT2D eigenvalue weighted by molar-refractivity contribution is -0.384. The first-order valence-corrected chi connectivity index (χ1v) is 14.3. The van der Waals surface area contributed by atoms with E-state index in [0.29, 0.717) is 36.1 Å². The number of anilines is 3. The molecule has 14 heteroatoms. The number of benzene rings is 3. The van der Waals surface area contributed by atoms with Gasteiger partial charge in [-0.05, 0) is 74.1 Å². The number of ether oxygens (including phenoxy) is 1. The standard InChI is InChI=1S/C30H28FN5O7S/c1-3-34(4-2)23-13-8-19(25(16-23)43-18-28(38)33-22-6-5-7-24(15-22)36(41)42)14-26-29(39)35(30(40)44-26)17-27(37)32-21-11-9-20(31)10-12-21/h5-16H,3-4,17-18H2,1-2H3,(H,32,37)(H,33,38)/b26-14+. The number of carbonyl (C=O) groups is 4. The molecule has 0 aliphatic carbocycles. The van der Waals surface area contributed by atoms with E-state index in [1.54, 1.807) is 12.1 Å². The molecule has 1 saturated heterocycles. The highest BCUT2D eigenvalue weighted by molar-refractivity contribution is 8.18. The smallest absolute Gasteiger partial charge is 0.294 e. The molecule has 0 aromatic heterocycles. The van der Waals surface area contributed by atoms with Gasteiger partial charge in [0.15, 0.2) is 6.61 Å². The Hall–Kier alpha value is -5.24. The van der Waals surface area contributed by atoms with Crippen molar-refractivity contribution in [2.45, 2.75) is 13.8 Å². The van der Waals surface area contributed by atoms with Crippen molar-refractivity contribution in [3.8, 4) is 5.75 Å². The molecule has 0 bridgehead atoms. The van der Waals surface area contributed by atoms with E-state index in [1.807, 2.05) is 24.8 Å². The number of hydrogen-bond acceptors (Lipinski definition) is 9. The number of nitro benzene ring substituents is 1. The number of amides is 4. The van der Waals surface area contributed by atoms with Gasteiger partial charge in [0, 0.05) is 53.9 Å². The van der Waals surface area contributed by atoms with Crippen molar-refractivity contribution in [2.75, 3.05) is 41.8 Å². The zero-order valence-corrected chi connectivity index (χ0v) is 24.6. The summed E-state index contributed by atoms with van der Waals surface area (Å²) in [5.74, 6) is -2.11. The van der Waals surface area contributed by atoms with Gasteiger partial charge in [0.25, 0.3) is 22.7 Å². The maximum atomic E-state index is 13.1. The van der Waals surface area contributed by atoms with E-state index in [1.165, 1.54) is 54.6 Å². The predicted molar refractivity (Wildman–Crippen MR) is 165 cm³/mol. The summed E-state index contributed by atoms with van der Waals surface area (Å²) in [6.07, 6.45) is 1.45. The number of carbonyl (C=O) groups excluding carboxylic acids is 4. The van der Waals surface area contributed by atoms with Crippen LogP contribution in [0.15, 0.2) is 71.6 Å². The first-order valence-electron chi connectivity index (χ1n) is 13.4. The Bertz CT molecular complexity index is 1630. The topological polar surface area (TPSA) is 151 Å². The van der Waals surface area contributed by atoms with Crippen LogP contribution in [0.1, 0.15) is 19.4 Å². The molecule has 228 valence electrons. The van der Waals surface area contributed by atoms with Crippen LogP contribution in [0.2, 0.25) is 0 Å². The average Bonchev–Trinajstić information content (AvgIpc) is 3.26. The highest BCUT2D eigenvalue weighted by Crippen LogP contribution is 2.35. The Labute approximate surface area is 256 Å². The summed E-state index contributed by atoms with van der Waals surface area (Å²) < 4.78 is 19.0. The molecule has 0 unspecified atom stereocenters. The maximum Gasteiger partial charge on any atom is 0.294 e. The molecule has 0 spiro atoms. The molecular weight excluding hydrogens is 593 g/mol. The molecule has 2 N–H and O–H groups in total. The number of nitrogens with one attached hydrogen (secondary N) is 2. The highest BCUT2D eigenvalue weighted by Gasteiger charge is 2.36. The Morgan fingerprint density at radius 2 is 1.70 bits per heavy atom. The SMILES string of the molecule is CCN(CC)c1ccc(/C=C2/SC(=O)N(CC(=O)Nc3ccc(F)cc3)C2=O)c(OCC(=O)Nc2cccc([N+](=O)[O-])c2)c1. The van der Waals surface area contributed by atoms with Gasteiger partial charge in [-0.1, -0.05) is 6.07 Å². The molecule has 0 saturated carbocycles. The molecule has 1 aliphatic rings. The van der Waals surface area contributed by atoms with Gasteiger partial charge in [-0.3, -0.25) is 34.2 Å². The zero-order chi connectivity index (χ0) is 31.8. The maximum absolute atomic E-state index is 13.1. The van der Waals surface area contributed by atoms with Crippen LogP contribution >= 0.6 is 11.8 Å². The van der Waals surface area contributed by atoms with Crippen LogP contribution in [-0.4, -0.2) is 59.0 Å². The number of nitrogens with zero attached hydrogens (tertiary/aromatic N) is 3. The summed E-state index contributed by atoms with van der Waals surface area (Å²) in [4.78, 5) is 64.2. The third kappa shape index (κ3) is 7.98. The minimum absolute atomic E-state index is 0.0473. The fraction of sp³-hybridized carbons (Fsp3) is 0.200. The number of thioether (sulfide) groups is 1. The minimum Gasteiger partial charge on any atom is -0.483 e. The largest absolute Gasteiger partial charge is 0.483 e. The van der Waals surface area contributed by atoms with Gasteiger partial charge in [0.1, 0.15) is 18.1 Å². The van der Waals surface area contributed by atoms with Crippen molar-refractivity contribution in [3.63, 3.8) is 0 Å². The normalized spacial score (nSPS) is 13.6. The van der Waals surface area contributed by atoms with Crippen LogP contribution in [0, 0.1) is 15.9 Å². The summed E-state index contributed by atoms with van der Waals surface area (Å²) in [6.45, 7) is 4.36. The third-order valence-corrected chi connectivity index (χ3v) is 7.32. The Morgan fingerprint density at radius 1 is 1.00 bits per heavy atom. The second-order valence-corrected chi connectivity index (χ2v) is 10.4. The fourth-order valence-corrected chi connectivity index (χ4v) is 5.07. The first-order chi connectivity index (χ1) is 21.1. The van der Waals surface area contributed by atoms with E-state index >= 15 is 0 Å². The second kappa shape index (κ2) is 14.3. The predicted octanol–water partition coefficient (Wildman–Crippen LogP) is 5.27. The number of non-ortho nitro benzene ring substituents is 1. The molecule has 1 aliphatic heterocycles. The van der Waals surface area contributed by atoms with Gasteiger partial charge >= 0.3 is 0 Å². The molecule has 4 amide bonds. The summed E-state index contributed by atoms with van der Waals surface area (Å²) in [7, 11) is 0. The zero-order valence-electron chi connectivity index (χ0n) is 23.7. The number of nitro groups is 1. The Balaban J connectivity index is 1.51. The molecule has 0 atom stereocenters. The van der Waals surface area contributed by atoms with Gasteiger partial charge in [-0.15, -0.1) is 0 Å². The van der Waals surface area contributed by atoms with Crippen molar-refractivity contribution in [1.82, 2.24) is 4.90 Å². The third-order valence-electron chi connectivity index (χ3n) is 6.42. The van der Waals surface area contributed by atoms with Crippen LogP contribution in [0.4, 0.5) is 31.9 Å². The van der Waals surface area contributed by atoms with Crippen molar-refractivity contribution in [2.24, 2.45) is 0 Å². The Morgan fingerprint density at radius 3 is 2.39 bits per heavy atom.